The minimum absolute atomic E-state index is 0.0153. The van der Waals surface area contributed by atoms with Crippen molar-refractivity contribution in [1.29, 1.82) is 0 Å². The Kier molecular flexibility index (Phi) is 7.82. The van der Waals surface area contributed by atoms with Gasteiger partial charge in [-0.05, 0) is 62.1 Å². The summed E-state index contributed by atoms with van der Waals surface area (Å²) < 4.78 is 11.1. The van der Waals surface area contributed by atoms with Crippen LogP contribution in [0.25, 0.3) is 0 Å². The zero-order valence-electron chi connectivity index (χ0n) is 16.6. The molecule has 2 aromatic rings. The predicted molar refractivity (Wildman–Crippen MR) is 116 cm³/mol. The Morgan fingerprint density at radius 3 is 2.53 bits per heavy atom. The lowest BCUT2D eigenvalue weighted by atomic mass is 10.1. The van der Waals surface area contributed by atoms with Crippen LogP contribution in [0, 0.1) is 0 Å². The zero-order valence-corrected chi connectivity index (χ0v) is 18.1. The third-order valence-electron chi connectivity index (χ3n) is 4.52. The molecule has 6 nitrogen and oxygen atoms in total. The first-order valence-electron chi connectivity index (χ1n) is 9.81. The van der Waals surface area contributed by atoms with Gasteiger partial charge in [0.25, 0.3) is 11.8 Å². The average molecular weight is 451 g/mol. The van der Waals surface area contributed by atoms with Crippen molar-refractivity contribution in [2.75, 3.05) is 13.2 Å². The number of benzene rings is 2. The highest BCUT2D eigenvalue weighted by molar-refractivity contribution is 6.35. The van der Waals surface area contributed by atoms with Gasteiger partial charge in [-0.25, -0.2) is 0 Å². The van der Waals surface area contributed by atoms with Crippen LogP contribution in [0.5, 0.6) is 11.5 Å². The van der Waals surface area contributed by atoms with E-state index in [9.17, 15) is 9.59 Å². The second kappa shape index (κ2) is 10.5. The number of ether oxygens (including phenoxy) is 2. The Bertz CT molecular complexity index is 885. The van der Waals surface area contributed by atoms with Crippen LogP contribution in [0.4, 0.5) is 0 Å². The molecule has 1 aliphatic rings. The van der Waals surface area contributed by atoms with Crippen LogP contribution < -0.4 is 20.1 Å². The fraction of sp³-hybridized carbons (Fsp3) is 0.364. The maximum atomic E-state index is 12.2. The van der Waals surface area contributed by atoms with Gasteiger partial charge in [0.05, 0.1) is 5.02 Å². The zero-order chi connectivity index (χ0) is 21.5. The Morgan fingerprint density at radius 1 is 1.13 bits per heavy atom. The molecule has 0 spiro atoms. The van der Waals surface area contributed by atoms with Crippen molar-refractivity contribution in [1.82, 2.24) is 10.6 Å². The van der Waals surface area contributed by atoms with E-state index >= 15 is 0 Å². The lowest BCUT2D eigenvalue weighted by Crippen LogP contribution is -2.37. The first-order chi connectivity index (χ1) is 14.4. The van der Waals surface area contributed by atoms with E-state index < -0.39 is 6.10 Å². The first-order valence-corrected chi connectivity index (χ1v) is 10.6. The Morgan fingerprint density at radius 2 is 1.87 bits per heavy atom. The van der Waals surface area contributed by atoms with Crippen molar-refractivity contribution in [3.8, 4) is 11.5 Å². The van der Waals surface area contributed by atoms with Crippen LogP contribution in [0.1, 0.15) is 25.3 Å². The molecule has 1 saturated carbocycles. The molecule has 0 aromatic heterocycles. The molecule has 0 bridgehead atoms. The standard InChI is InChI=1S/C22H24Cl2N2O4/c1-14(30-20-9-4-16(23)12-19(20)24)22(28)25-11-10-15-2-7-18(8-3-15)29-13-21(27)26-17-5-6-17/h2-4,7-9,12,14,17H,5-6,10-11,13H2,1H3,(H,25,28)(H,26,27). The van der Waals surface area contributed by atoms with E-state index in [4.69, 9.17) is 32.7 Å². The molecule has 160 valence electrons. The smallest absolute Gasteiger partial charge is 0.260 e. The van der Waals surface area contributed by atoms with Gasteiger partial charge >= 0.3 is 0 Å². The second-order valence-electron chi connectivity index (χ2n) is 7.15. The third kappa shape index (κ3) is 7.11. The van der Waals surface area contributed by atoms with E-state index in [1.165, 1.54) is 0 Å². The third-order valence-corrected chi connectivity index (χ3v) is 5.05. The molecule has 8 heteroatoms. The highest BCUT2D eigenvalue weighted by Crippen LogP contribution is 2.28. The molecular formula is C22H24Cl2N2O4. The molecule has 0 aliphatic heterocycles. The summed E-state index contributed by atoms with van der Waals surface area (Å²) in [5.74, 6) is 0.712. The van der Waals surface area contributed by atoms with Crippen LogP contribution in [0.2, 0.25) is 10.0 Å². The van der Waals surface area contributed by atoms with Gasteiger partial charge in [0.2, 0.25) is 0 Å². The van der Waals surface area contributed by atoms with Gasteiger partial charge in [-0.1, -0.05) is 35.3 Å². The summed E-state index contributed by atoms with van der Waals surface area (Å²) in [6.45, 7) is 2.14. The highest BCUT2D eigenvalue weighted by Gasteiger charge is 2.23. The fourth-order valence-corrected chi connectivity index (χ4v) is 3.14. The van der Waals surface area contributed by atoms with Crippen molar-refractivity contribution in [3.05, 3.63) is 58.1 Å². The lowest BCUT2D eigenvalue weighted by molar-refractivity contribution is -0.127. The monoisotopic (exact) mass is 450 g/mol. The van der Waals surface area contributed by atoms with Crippen molar-refractivity contribution in [2.45, 2.75) is 38.3 Å². The van der Waals surface area contributed by atoms with Gasteiger partial charge in [-0.3, -0.25) is 9.59 Å². The maximum absolute atomic E-state index is 12.2. The average Bonchev–Trinajstić information content (AvgIpc) is 3.53. The van der Waals surface area contributed by atoms with E-state index in [1.807, 2.05) is 24.3 Å². The van der Waals surface area contributed by atoms with Gasteiger partial charge in [0, 0.05) is 17.6 Å². The SMILES string of the molecule is CC(Oc1ccc(Cl)cc1Cl)C(=O)NCCc1ccc(OCC(=O)NC2CC2)cc1. The van der Waals surface area contributed by atoms with Crippen LogP contribution in [0.3, 0.4) is 0 Å². The van der Waals surface area contributed by atoms with E-state index in [0.29, 0.717) is 40.6 Å². The van der Waals surface area contributed by atoms with E-state index in [0.717, 1.165) is 18.4 Å². The summed E-state index contributed by atoms with van der Waals surface area (Å²) in [6, 6.07) is 12.6. The molecule has 0 heterocycles. The van der Waals surface area contributed by atoms with Crippen molar-refractivity contribution >= 4 is 35.0 Å². The van der Waals surface area contributed by atoms with E-state index in [-0.39, 0.29) is 18.4 Å². The summed E-state index contributed by atoms with van der Waals surface area (Å²) in [4.78, 5) is 23.9. The molecule has 1 atom stereocenters. The largest absolute Gasteiger partial charge is 0.484 e. The Labute approximate surface area is 185 Å². The van der Waals surface area contributed by atoms with Crippen LogP contribution >= 0.6 is 23.2 Å². The molecule has 2 aromatic carbocycles. The van der Waals surface area contributed by atoms with Crippen LogP contribution in [0.15, 0.2) is 42.5 Å². The Hall–Kier alpha value is -2.44. The molecule has 2 N–H and O–H groups in total. The normalized spacial score (nSPS) is 14.0. The molecule has 0 saturated heterocycles. The minimum atomic E-state index is -0.693. The fourth-order valence-electron chi connectivity index (χ4n) is 2.69. The molecule has 1 unspecified atom stereocenters. The van der Waals surface area contributed by atoms with Crippen LogP contribution in [-0.4, -0.2) is 37.1 Å². The quantitative estimate of drug-likeness (QED) is 0.577. The molecule has 1 fully saturated rings. The number of rotatable bonds is 10. The molecule has 2 amide bonds. The summed E-state index contributed by atoms with van der Waals surface area (Å²) in [6.07, 6.45) is 2.07. The van der Waals surface area contributed by atoms with Crippen molar-refractivity contribution in [3.63, 3.8) is 0 Å². The number of carbonyl (C=O) groups excluding carboxylic acids is 2. The summed E-state index contributed by atoms with van der Waals surface area (Å²) in [7, 11) is 0. The highest BCUT2D eigenvalue weighted by atomic mass is 35.5. The van der Waals surface area contributed by atoms with Crippen molar-refractivity contribution in [2.24, 2.45) is 0 Å². The lowest BCUT2D eigenvalue weighted by Gasteiger charge is -2.16. The molecule has 1 aliphatic carbocycles. The van der Waals surface area contributed by atoms with Crippen molar-refractivity contribution < 1.29 is 19.1 Å². The van der Waals surface area contributed by atoms with Gasteiger partial charge in [0.15, 0.2) is 12.7 Å². The molecular weight excluding hydrogens is 427 g/mol. The molecule has 3 rings (SSSR count). The number of carbonyl (C=O) groups is 2. The van der Waals surface area contributed by atoms with Gasteiger partial charge < -0.3 is 20.1 Å². The van der Waals surface area contributed by atoms with E-state index in [1.54, 1.807) is 25.1 Å². The topological polar surface area (TPSA) is 76.7 Å². The predicted octanol–water partition coefficient (Wildman–Crippen LogP) is 3.78. The number of hydrogen-bond donors (Lipinski definition) is 2. The maximum Gasteiger partial charge on any atom is 0.260 e. The number of hydrogen-bond acceptors (Lipinski definition) is 4. The minimum Gasteiger partial charge on any atom is -0.484 e. The number of amides is 2. The summed E-state index contributed by atoms with van der Waals surface area (Å²) in [5.41, 5.74) is 1.04. The van der Waals surface area contributed by atoms with Gasteiger partial charge in [0.1, 0.15) is 11.5 Å². The van der Waals surface area contributed by atoms with E-state index in [2.05, 4.69) is 10.6 Å². The van der Waals surface area contributed by atoms with Gasteiger partial charge in [-0.15, -0.1) is 0 Å². The second-order valence-corrected chi connectivity index (χ2v) is 7.99. The number of nitrogens with one attached hydrogen (secondary N) is 2. The summed E-state index contributed by atoms with van der Waals surface area (Å²) in [5, 5.41) is 6.58. The molecule has 30 heavy (non-hydrogen) atoms. The summed E-state index contributed by atoms with van der Waals surface area (Å²) >= 11 is 11.9. The van der Waals surface area contributed by atoms with Gasteiger partial charge in [-0.2, -0.15) is 0 Å². The first kappa shape index (κ1) is 22.2. The van der Waals surface area contributed by atoms with Crippen LogP contribution in [-0.2, 0) is 16.0 Å². The molecule has 0 radical (unpaired) electrons. The number of halogens is 2. The Balaban J connectivity index is 1.37.